The normalized spacial score (nSPS) is 22.2. The first kappa shape index (κ1) is 12.9. The van der Waals surface area contributed by atoms with Gasteiger partial charge in [-0.3, -0.25) is 4.98 Å². The number of rotatable bonds is 2. The van der Waals surface area contributed by atoms with E-state index in [-0.39, 0.29) is 6.04 Å². The van der Waals surface area contributed by atoms with Crippen LogP contribution in [0.25, 0.3) is 0 Å². The van der Waals surface area contributed by atoms with E-state index in [9.17, 15) is 13.9 Å². The van der Waals surface area contributed by atoms with Crippen molar-refractivity contribution in [1.29, 1.82) is 0 Å². The lowest BCUT2D eigenvalue weighted by Crippen LogP contribution is -2.25. The summed E-state index contributed by atoms with van der Waals surface area (Å²) >= 11 is 0. The third kappa shape index (κ3) is 2.34. The second-order valence-corrected chi connectivity index (χ2v) is 4.79. The molecule has 6 heteroatoms. The fourth-order valence-corrected chi connectivity index (χ4v) is 2.54. The van der Waals surface area contributed by atoms with Crippen LogP contribution in [0, 0.1) is 11.6 Å². The standard InChI is InChI=1S/C14H13F2N3O/c15-11-2-1-9(5-12(11)16)13-6-10(20)8-19(13)14-7-17-3-4-18-14/h1-5,7,10,13,20H,6,8H2/t10-,13+/m0/s1. The predicted molar refractivity (Wildman–Crippen MR) is 69.1 cm³/mol. The number of hydrogen-bond acceptors (Lipinski definition) is 4. The Morgan fingerprint density at radius 2 is 2.05 bits per heavy atom. The molecule has 1 saturated heterocycles. The Hall–Kier alpha value is -2.08. The Labute approximate surface area is 114 Å². The summed E-state index contributed by atoms with van der Waals surface area (Å²) in [7, 11) is 0. The van der Waals surface area contributed by atoms with Crippen LogP contribution < -0.4 is 4.90 Å². The number of halogens is 2. The summed E-state index contributed by atoms with van der Waals surface area (Å²) in [5, 5.41) is 9.86. The third-order valence-corrected chi connectivity index (χ3v) is 3.45. The highest BCUT2D eigenvalue weighted by atomic mass is 19.2. The van der Waals surface area contributed by atoms with E-state index in [0.29, 0.717) is 24.3 Å². The van der Waals surface area contributed by atoms with Crippen LogP contribution in [-0.2, 0) is 0 Å². The van der Waals surface area contributed by atoms with Crippen molar-refractivity contribution in [2.24, 2.45) is 0 Å². The summed E-state index contributed by atoms with van der Waals surface area (Å²) in [4.78, 5) is 10.0. The van der Waals surface area contributed by atoms with Crippen molar-refractivity contribution in [3.05, 3.63) is 54.0 Å². The smallest absolute Gasteiger partial charge is 0.159 e. The van der Waals surface area contributed by atoms with Gasteiger partial charge in [0.15, 0.2) is 11.6 Å². The summed E-state index contributed by atoms with van der Waals surface area (Å²) in [5.74, 6) is -1.15. The van der Waals surface area contributed by atoms with Crippen molar-refractivity contribution in [1.82, 2.24) is 9.97 Å². The average molecular weight is 277 g/mol. The molecule has 104 valence electrons. The molecule has 20 heavy (non-hydrogen) atoms. The molecule has 0 spiro atoms. The second-order valence-electron chi connectivity index (χ2n) is 4.79. The Kier molecular flexibility index (Phi) is 3.31. The first-order chi connectivity index (χ1) is 9.65. The minimum atomic E-state index is -0.886. The monoisotopic (exact) mass is 277 g/mol. The van der Waals surface area contributed by atoms with Gasteiger partial charge in [-0.05, 0) is 24.1 Å². The van der Waals surface area contributed by atoms with Gasteiger partial charge in [-0.15, -0.1) is 0 Å². The molecular weight excluding hydrogens is 264 g/mol. The molecule has 0 amide bonds. The molecule has 2 atom stereocenters. The third-order valence-electron chi connectivity index (χ3n) is 3.45. The largest absolute Gasteiger partial charge is 0.391 e. The molecule has 0 aliphatic carbocycles. The molecule has 4 nitrogen and oxygen atoms in total. The van der Waals surface area contributed by atoms with Crippen molar-refractivity contribution in [2.45, 2.75) is 18.6 Å². The maximum absolute atomic E-state index is 13.4. The van der Waals surface area contributed by atoms with Gasteiger partial charge in [-0.2, -0.15) is 0 Å². The molecule has 0 saturated carbocycles. The molecule has 1 N–H and O–H groups in total. The second kappa shape index (κ2) is 5.13. The van der Waals surface area contributed by atoms with Crippen molar-refractivity contribution in [3.63, 3.8) is 0 Å². The van der Waals surface area contributed by atoms with E-state index < -0.39 is 17.7 Å². The summed E-state index contributed by atoms with van der Waals surface area (Å²) in [5.41, 5.74) is 0.617. The fourth-order valence-electron chi connectivity index (χ4n) is 2.54. The lowest BCUT2D eigenvalue weighted by molar-refractivity contribution is 0.194. The average Bonchev–Trinajstić information content (AvgIpc) is 2.85. The minimum Gasteiger partial charge on any atom is -0.391 e. The number of aliphatic hydroxyl groups excluding tert-OH is 1. The van der Waals surface area contributed by atoms with Crippen LogP contribution in [0.2, 0.25) is 0 Å². The van der Waals surface area contributed by atoms with E-state index in [1.165, 1.54) is 12.1 Å². The van der Waals surface area contributed by atoms with Gasteiger partial charge >= 0.3 is 0 Å². The minimum absolute atomic E-state index is 0.239. The van der Waals surface area contributed by atoms with Crippen LogP contribution in [0.3, 0.4) is 0 Å². The van der Waals surface area contributed by atoms with Gasteiger partial charge in [-0.25, -0.2) is 13.8 Å². The highest BCUT2D eigenvalue weighted by molar-refractivity contribution is 5.43. The number of nitrogens with zero attached hydrogens (tertiary/aromatic N) is 3. The summed E-state index contributed by atoms with van der Waals surface area (Å²) < 4.78 is 26.4. The topological polar surface area (TPSA) is 49.2 Å². The van der Waals surface area contributed by atoms with Crippen molar-refractivity contribution >= 4 is 5.82 Å². The SMILES string of the molecule is O[C@H]1C[C@H](c2ccc(F)c(F)c2)N(c2cnccn2)C1. The van der Waals surface area contributed by atoms with E-state index in [1.807, 2.05) is 4.90 Å². The summed E-state index contributed by atoms with van der Waals surface area (Å²) in [6.45, 7) is 0.391. The van der Waals surface area contributed by atoms with Gasteiger partial charge in [0.25, 0.3) is 0 Å². The predicted octanol–water partition coefficient (Wildman–Crippen LogP) is 2.07. The van der Waals surface area contributed by atoms with Crippen LogP contribution in [-0.4, -0.2) is 27.7 Å². The number of aliphatic hydroxyl groups is 1. The highest BCUT2D eigenvalue weighted by Crippen LogP contribution is 2.35. The molecule has 1 aromatic heterocycles. The van der Waals surface area contributed by atoms with E-state index in [1.54, 1.807) is 18.6 Å². The molecule has 0 radical (unpaired) electrons. The molecule has 3 rings (SSSR count). The number of aromatic nitrogens is 2. The van der Waals surface area contributed by atoms with Crippen LogP contribution in [0.15, 0.2) is 36.8 Å². The zero-order valence-corrected chi connectivity index (χ0v) is 10.6. The molecule has 0 bridgehead atoms. The van der Waals surface area contributed by atoms with Crippen LogP contribution >= 0.6 is 0 Å². The maximum atomic E-state index is 13.4. The van der Waals surface area contributed by atoms with Gasteiger partial charge in [0.1, 0.15) is 5.82 Å². The van der Waals surface area contributed by atoms with E-state index in [2.05, 4.69) is 9.97 Å². The molecule has 0 unspecified atom stereocenters. The molecule has 1 aliphatic rings. The van der Waals surface area contributed by atoms with Gasteiger partial charge in [0.05, 0.1) is 18.3 Å². The van der Waals surface area contributed by atoms with E-state index in [4.69, 9.17) is 0 Å². The lowest BCUT2D eigenvalue weighted by Gasteiger charge is -2.25. The van der Waals surface area contributed by atoms with Crippen LogP contribution in [0.5, 0.6) is 0 Å². The number of benzene rings is 1. The number of anilines is 1. The summed E-state index contributed by atoms with van der Waals surface area (Å²) in [6, 6.07) is 3.56. The number of hydrogen-bond donors (Lipinski definition) is 1. The Balaban J connectivity index is 1.96. The zero-order valence-electron chi connectivity index (χ0n) is 10.6. The van der Waals surface area contributed by atoms with E-state index in [0.717, 1.165) is 6.07 Å². The van der Waals surface area contributed by atoms with Crippen molar-refractivity contribution in [3.8, 4) is 0 Å². The first-order valence-corrected chi connectivity index (χ1v) is 6.31. The quantitative estimate of drug-likeness (QED) is 0.913. The Bertz CT molecular complexity index is 609. The number of β-amino-alcohol motifs (C(OH)–C–C–N with tert-alkyl or cyclic N) is 1. The summed E-state index contributed by atoms with van der Waals surface area (Å²) in [6.07, 6.45) is 4.62. The Morgan fingerprint density at radius 1 is 1.20 bits per heavy atom. The van der Waals surface area contributed by atoms with Crippen LogP contribution in [0.1, 0.15) is 18.0 Å². The molecule has 1 fully saturated rings. The van der Waals surface area contributed by atoms with E-state index >= 15 is 0 Å². The van der Waals surface area contributed by atoms with Crippen molar-refractivity contribution < 1.29 is 13.9 Å². The maximum Gasteiger partial charge on any atom is 0.159 e. The molecular formula is C14H13F2N3O. The Morgan fingerprint density at radius 3 is 2.75 bits per heavy atom. The van der Waals surface area contributed by atoms with Gasteiger partial charge in [0.2, 0.25) is 0 Å². The molecule has 1 aliphatic heterocycles. The van der Waals surface area contributed by atoms with Crippen LogP contribution in [0.4, 0.5) is 14.6 Å². The lowest BCUT2D eigenvalue weighted by atomic mass is 10.0. The van der Waals surface area contributed by atoms with Gasteiger partial charge in [0, 0.05) is 18.9 Å². The molecule has 1 aromatic carbocycles. The van der Waals surface area contributed by atoms with Gasteiger partial charge in [-0.1, -0.05) is 6.07 Å². The zero-order chi connectivity index (χ0) is 14.1. The molecule has 2 aromatic rings. The highest BCUT2D eigenvalue weighted by Gasteiger charge is 2.33. The first-order valence-electron chi connectivity index (χ1n) is 6.31. The molecule has 2 heterocycles. The van der Waals surface area contributed by atoms with Crippen molar-refractivity contribution in [2.75, 3.05) is 11.4 Å². The fraction of sp³-hybridized carbons (Fsp3) is 0.286. The van der Waals surface area contributed by atoms with Gasteiger partial charge < -0.3 is 10.0 Å².